The van der Waals surface area contributed by atoms with Gasteiger partial charge in [-0.2, -0.15) is 0 Å². The maximum absolute atomic E-state index is 12.5. The highest BCUT2D eigenvalue weighted by atomic mass is 35.5. The Morgan fingerprint density at radius 3 is 2.62 bits per heavy atom. The quantitative estimate of drug-likeness (QED) is 0.608. The summed E-state index contributed by atoms with van der Waals surface area (Å²) in [4.78, 5) is 12.5. The van der Waals surface area contributed by atoms with Gasteiger partial charge in [-0.3, -0.25) is 4.79 Å². The van der Waals surface area contributed by atoms with Crippen LogP contribution in [0.25, 0.3) is 0 Å². The highest BCUT2D eigenvalue weighted by Crippen LogP contribution is 2.36. The molecule has 26 heavy (non-hydrogen) atoms. The SMILES string of the molecule is CCCCCOc1ccc(C(=O)N[C@H](C)Cc2ccccc2)c(O)c1Cl. The lowest BCUT2D eigenvalue weighted by atomic mass is 10.1. The number of rotatable bonds is 9. The van der Waals surface area contributed by atoms with E-state index in [2.05, 4.69) is 12.2 Å². The number of phenols is 1. The first-order chi connectivity index (χ1) is 12.5. The maximum Gasteiger partial charge on any atom is 0.255 e. The summed E-state index contributed by atoms with van der Waals surface area (Å²) in [6.07, 6.45) is 3.80. The number of hydrogen-bond acceptors (Lipinski definition) is 3. The summed E-state index contributed by atoms with van der Waals surface area (Å²) < 4.78 is 5.59. The number of amides is 1. The molecule has 0 aliphatic heterocycles. The van der Waals surface area contributed by atoms with E-state index in [1.54, 1.807) is 12.1 Å². The summed E-state index contributed by atoms with van der Waals surface area (Å²) in [6, 6.07) is 13.0. The van der Waals surface area contributed by atoms with Crippen LogP contribution in [0.1, 0.15) is 49.0 Å². The Balaban J connectivity index is 1.98. The van der Waals surface area contributed by atoms with E-state index in [4.69, 9.17) is 16.3 Å². The van der Waals surface area contributed by atoms with Crippen molar-refractivity contribution in [1.82, 2.24) is 5.32 Å². The van der Waals surface area contributed by atoms with Gasteiger partial charge in [0.15, 0.2) is 5.75 Å². The van der Waals surface area contributed by atoms with Crippen LogP contribution in [0.3, 0.4) is 0 Å². The second kappa shape index (κ2) is 10.1. The second-order valence-electron chi connectivity index (χ2n) is 6.39. The molecular weight excluding hydrogens is 350 g/mol. The number of benzene rings is 2. The molecule has 0 spiro atoms. The topological polar surface area (TPSA) is 58.6 Å². The Bertz CT molecular complexity index is 719. The van der Waals surface area contributed by atoms with Crippen LogP contribution in [-0.4, -0.2) is 23.7 Å². The van der Waals surface area contributed by atoms with Crippen molar-refractivity contribution in [3.05, 3.63) is 58.6 Å². The summed E-state index contributed by atoms with van der Waals surface area (Å²) in [5.41, 5.74) is 1.29. The third kappa shape index (κ3) is 5.67. The van der Waals surface area contributed by atoms with Crippen LogP contribution in [0.4, 0.5) is 0 Å². The Hall–Kier alpha value is -2.20. The molecule has 140 valence electrons. The number of carbonyl (C=O) groups is 1. The molecule has 0 fully saturated rings. The van der Waals surface area contributed by atoms with Crippen LogP contribution in [0.5, 0.6) is 11.5 Å². The summed E-state index contributed by atoms with van der Waals surface area (Å²) >= 11 is 6.17. The molecule has 0 unspecified atom stereocenters. The van der Waals surface area contributed by atoms with Crippen molar-refractivity contribution >= 4 is 17.5 Å². The van der Waals surface area contributed by atoms with E-state index in [1.165, 1.54) is 0 Å². The molecule has 0 radical (unpaired) electrons. The molecule has 5 heteroatoms. The van der Waals surface area contributed by atoms with Gasteiger partial charge < -0.3 is 15.2 Å². The van der Waals surface area contributed by atoms with Gasteiger partial charge >= 0.3 is 0 Å². The van der Waals surface area contributed by atoms with Gasteiger partial charge in [0.2, 0.25) is 0 Å². The van der Waals surface area contributed by atoms with Crippen LogP contribution < -0.4 is 10.1 Å². The standard InChI is InChI=1S/C21H26ClNO3/c1-3-4-8-13-26-18-12-11-17(20(24)19(18)22)21(25)23-15(2)14-16-9-6-5-7-10-16/h5-7,9-12,15,24H,3-4,8,13-14H2,1-2H3,(H,23,25)/t15-/m1/s1. The molecule has 1 amide bonds. The van der Waals surface area contributed by atoms with Crippen molar-refractivity contribution in [3.63, 3.8) is 0 Å². The summed E-state index contributed by atoms with van der Waals surface area (Å²) in [7, 11) is 0. The lowest BCUT2D eigenvalue weighted by Crippen LogP contribution is -2.34. The minimum absolute atomic E-state index is 0.0739. The molecule has 2 N–H and O–H groups in total. The number of hydrogen-bond donors (Lipinski definition) is 2. The van der Waals surface area contributed by atoms with Gasteiger partial charge in [0.25, 0.3) is 5.91 Å². The number of aromatic hydroxyl groups is 1. The maximum atomic E-state index is 12.5. The molecule has 0 aliphatic carbocycles. The number of ether oxygens (including phenoxy) is 1. The number of carbonyl (C=O) groups excluding carboxylic acids is 1. The van der Waals surface area contributed by atoms with Gasteiger partial charge in [-0.1, -0.05) is 61.7 Å². The lowest BCUT2D eigenvalue weighted by Gasteiger charge is -2.16. The zero-order valence-corrected chi connectivity index (χ0v) is 16.1. The van der Waals surface area contributed by atoms with Gasteiger partial charge in [-0.25, -0.2) is 0 Å². The van der Waals surface area contributed by atoms with Crippen molar-refractivity contribution in [1.29, 1.82) is 0 Å². The van der Waals surface area contributed by atoms with Crippen LogP contribution in [0.15, 0.2) is 42.5 Å². The largest absolute Gasteiger partial charge is 0.505 e. The fraction of sp³-hybridized carbons (Fsp3) is 0.381. The van der Waals surface area contributed by atoms with Gasteiger partial charge in [-0.05, 0) is 37.5 Å². The Labute approximate surface area is 160 Å². The Morgan fingerprint density at radius 1 is 1.19 bits per heavy atom. The van der Waals surface area contributed by atoms with Crippen molar-refractivity contribution in [2.75, 3.05) is 6.61 Å². The predicted octanol–water partition coefficient (Wildman–Crippen LogP) is 4.98. The smallest absolute Gasteiger partial charge is 0.255 e. The van der Waals surface area contributed by atoms with Crippen LogP contribution >= 0.6 is 11.6 Å². The fourth-order valence-electron chi connectivity index (χ4n) is 2.70. The zero-order valence-electron chi connectivity index (χ0n) is 15.3. The van der Waals surface area contributed by atoms with Gasteiger partial charge in [0, 0.05) is 6.04 Å². The normalized spacial score (nSPS) is 11.8. The number of phenolic OH excluding ortho intramolecular Hbond substituents is 1. The van der Waals surface area contributed by atoms with E-state index in [1.807, 2.05) is 37.3 Å². The lowest BCUT2D eigenvalue weighted by molar-refractivity contribution is 0.0937. The predicted molar refractivity (Wildman–Crippen MR) is 105 cm³/mol. The molecule has 1 atom stereocenters. The molecule has 0 saturated carbocycles. The van der Waals surface area contributed by atoms with Gasteiger partial charge in [0.05, 0.1) is 12.2 Å². The number of unbranched alkanes of at least 4 members (excludes halogenated alkanes) is 2. The van der Waals surface area contributed by atoms with E-state index in [0.717, 1.165) is 24.8 Å². The minimum atomic E-state index is -0.356. The molecule has 2 aromatic rings. The number of halogens is 1. The molecule has 4 nitrogen and oxygen atoms in total. The van der Waals surface area contributed by atoms with Crippen molar-refractivity contribution in [3.8, 4) is 11.5 Å². The zero-order chi connectivity index (χ0) is 18.9. The third-order valence-electron chi connectivity index (χ3n) is 4.09. The highest BCUT2D eigenvalue weighted by Gasteiger charge is 2.19. The molecule has 0 saturated heterocycles. The molecular formula is C21H26ClNO3. The molecule has 2 rings (SSSR count). The summed E-state index contributed by atoms with van der Waals surface area (Å²) in [5, 5.41) is 13.2. The van der Waals surface area contributed by atoms with Crippen molar-refractivity contribution in [2.24, 2.45) is 0 Å². The van der Waals surface area contributed by atoms with Crippen LogP contribution in [-0.2, 0) is 6.42 Å². The summed E-state index contributed by atoms with van der Waals surface area (Å²) in [6.45, 7) is 4.58. The van der Waals surface area contributed by atoms with E-state index in [0.29, 0.717) is 18.8 Å². The number of nitrogens with one attached hydrogen (secondary N) is 1. The van der Waals surface area contributed by atoms with Crippen LogP contribution in [0.2, 0.25) is 5.02 Å². The van der Waals surface area contributed by atoms with E-state index in [9.17, 15) is 9.90 Å². The van der Waals surface area contributed by atoms with Crippen molar-refractivity contribution in [2.45, 2.75) is 45.6 Å². The molecule has 0 aromatic heterocycles. The average Bonchev–Trinajstić information content (AvgIpc) is 2.62. The molecule has 0 bridgehead atoms. The first kappa shape index (κ1) is 20.1. The average molecular weight is 376 g/mol. The second-order valence-corrected chi connectivity index (χ2v) is 6.77. The van der Waals surface area contributed by atoms with E-state index in [-0.39, 0.29) is 28.3 Å². The van der Waals surface area contributed by atoms with Crippen molar-refractivity contribution < 1.29 is 14.6 Å². The molecule has 0 aliphatic rings. The van der Waals surface area contributed by atoms with E-state index >= 15 is 0 Å². The molecule has 2 aromatic carbocycles. The third-order valence-corrected chi connectivity index (χ3v) is 4.46. The summed E-state index contributed by atoms with van der Waals surface area (Å²) in [5.74, 6) is -0.205. The van der Waals surface area contributed by atoms with Gasteiger partial charge in [-0.15, -0.1) is 0 Å². The first-order valence-corrected chi connectivity index (χ1v) is 9.39. The van der Waals surface area contributed by atoms with Gasteiger partial charge in [0.1, 0.15) is 10.8 Å². The fourth-order valence-corrected chi connectivity index (χ4v) is 2.91. The minimum Gasteiger partial charge on any atom is -0.505 e. The Kier molecular flexibility index (Phi) is 7.79. The van der Waals surface area contributed by atoms with Crippen LogP contribution in [0, 0.1) is 0 Å². The van der Waals surface area contributed by atoms with E-state index < -0.39 is 0 Å². The first-order valence-electron chi connectivity index (χ1n) is 9.02. The molecule has 0 heterocycles. The Morgan fingerprint density at radius 2 is 1.92 bits per heavy atom. The monoisotopic (exact) mass is 375 g/mol. The highest BCUT2D eigenvalue weighted by molar-refractivity contribution is 6.34.